The number of carbonyl (C=O) groups is 2. The lowest BCUT2D eigenvalue weighted by molar-refractivity contribution is 0.0597. The first-order chi connectivity index (χ1) is 19.9. The van der Waals surface area contributed by atoms with Gasteiger partial charge in [-0.1, -0.05) is 30.3 Å². The maximum Gasteiger partial charge on any atom is 0.316 e. The lowest BCUT2D eigenvalue weighted by Crippen LogP contribution is -2.45. The largest absolute Gasteiger partial charge is 0.490 e. The zero-order chi connectivity index (χ0) is 28.7. The first-order valence-electron chi connectivity index (χ1n) is 13.1. The molecule has 1 aliphatic rings. The van der Waals surface area contributed by atoms with E-state index in [1.165, 1.54) is 12.1 Å². The molecule has 0 atom stereocenters. The summed E-state index contributed by atoms with van der Waals surface area (Å²) in [6.45, 7) is 0.684. The average Bonchev–Trinajstić information content (AvgIpc) is 3.01. The van der Waals surface area contributed by atoms with Gasteiger partial charge in [0.25, 0.3) is 5.91 Å². The van der Waals surface area contributed by atoms with Gasteiger partial charge >= 0.3 is 5.91 Å². The minimum absolute atomic E-state index is 0.0940. The minimum atomic E-state index is -1.55. The van der Waals surface area contributed by atoms with Gasteiger partial charge in [0.1, 0.15) is 35.3 Å². The molecule has 3 aromatic carbocycles. The van der Waals surface area contributed by atoms with Crippen LogP contribution in [0.15, 0.2) is 102 Å². The van der Waals surface area contributed by atoms with Gasteiger partial charge in [0.05, 0.1) is 11.9 Å². The number of nitrogens with one attached hydrogen (secondary N) is 1. The molecule has 2 heterocycles. The van der Waals surface area contributed by atoms with E-state index < -0.39 is 11.6 Å². The summed E-state index contributed by atoms with van der Waals surface area (Å²) < 4.78 is 26.8. The van der Waals surface area contributed by atoms with Crippen LogP contribution in [0.4, 0.5) is 15.9 Å². The van der Waals surface area contributed by atoms with Crippen molar-refractivity contribution in [3.8, 4) is 17.2 Å². The molecule has 0 aliphatic carbocycles. The number of nitroso groups, excluding NO2 is 1. The van der Waals surface area contributed by atoms with Crippen molar-refractivity contribution in [2.24, 2.45) is 5.18 Å². The van der Waals surface area contributed by atoms with Gasteiger partial charge in [0, 0.05) is 42.2 Å². The predicted octanol–water partition coefficient (Wildman–Crippen LogP) is 6.42. The number of pyridine rings is 1. The quantitative estimate of drug-likeness (QED) is 0.238. The van der Waals surface area contributed by atoms with E-state index >= 15 is 4.39 Å². The van der Waals surface area contributed by atoms with Crippen LogP contribution >= 0.6 is 0 Å². The minimum Gasteiger partial charge on any atom is -0.490 e. The first kappa shape index (κ1) is 27.4. The maximum atomic E-state index is 15.4. The summed E-state index contributed by atoms with van der Waals surface area (Å²) in [5, 5.41) is 5.24. The SMILES string of the molecule is O=NC(=O)c1cccc(OCC2(F)CCN(c3ccc(NC(=O)c4cccc(Oc5ccccc5)c4)cn3)CC2)c1. The maximum absolute atomic E-state index is 15.4. The summed E-state index contributed by atoms with van der Waals surface area (Å²) in [5.74, 6) is 1.01. The summed E-state index contributed by atoms with van der Waals surface area (Å²) in [5.41, 5.74) is -0.481. The first-order valence-corrected chi connectivity index (χ1v) is 13.1. The molecule has 208 valence electrons. The van der Waals surface area contributed by atoms with Crippen molar-refractivity contribution in [3.63, 3.8) is 0 Å². The van der Waals surface area contributed by atoms with E-state index in [-0.39, 0.29) is 30.9 Å². The zero-order valence-corrected chi connectivity index (χ0v) is 22.0. The van der Waals surface area contributed by atoms with E-state index in [2.05, 4.69) is 15.5 Å². The number of benzene rings is 3. The van der Waals surface area contributed by atoms with Crippen LogP contribution in [0.25, 0.3) is 0 Å². The molecule has 4 aromatic rings. The van der Waals surface area contributed by atoms with E-state index in [0.717, 1.165) is 0 Å². The smallest absolute Gasteiger partial charge is 0.316 e. The highest BCUT2D eigenvalue weighted by molar-refractivity contribution is 6.04. The van der Waals surface area contributed by atoms with Gasteiger partial charge in [-0.25, -0.2) is 9.37 Å². The number of carbonyl (C=O) groups excluding carboxylic acids is 2. The molecule has 1 saturated heterocycles. The van der Waals surface area contributed by atoms with Crippen LogP contribution in [0.3, 0.4) is 0 Å². The number of ether oxygens (including phenoxy) is 2. The number of anilines is 2. The number of hydrogen-bond acceptors (Lipinski definition) is 7. The Morgan fingerprint density at radius 3 is 2.27 bits per heavy atom. The van der Waals surface area contributed by atoms with Crippen LogP contribution in [-0.2, 0) is 0 Å². The fraction of sp³-hybridized carbons (Fsp3) is 0.194. The summed E-state index contributed by atoms with van der Waals surface area (Å²) in [4.78, 5) is 41.2. The second kappa shape index (κ2) is 12.4. The van der Waals surface area contributed by atoms with Crippen molar-refractivity contribution < 1.29 is 23.5 Å². The molecule has 1 aromatic heterocycles. The molecule has 9 nitrogen and oxygen atoms in total. The number of aromatic nitrogens is 1. The predicted molar refractivity (Wildman–Crippen MR) is 152 cm³/mol. The molecule has 0 bridgehead atoms. The highest BCUT2D eigenvalue weighted by atomic mass is 19.1. The van der Waals surface area contributed by atoms with Gasteiger partial charge < -0.3 is 19.7 Å². The Balaban J connectivity index is 1.13. The third-order valence-electron chi connectivity index (χ3n) is 6.73. The van der Waals surface area contributed by atoms with Crippen molar-refractivity contribution >= 4 is 23.3 Å². The lowest BCUT2D eigenvalue weighted by Gasteiger charge is -2.36. The van der Waals surface area contributed by atoms with E-state index in [1.807, 2.05) is 35.2 Å². The van der Waals surface area contributed by atoms with Gasteiger partial charge in [0.15, 0.2) is 0 Å². The topological polar surface area (TPSA) is 110 Å². The molecule has 1 N–H and O–H groups in total. The third-order valence-corrected chi connectivity index (χ3v) is 6.73. The van der Waals surface area contributed by atoms with E-state index in [4.69, 9.17) is 9.47 Å². The molecule has 0 spiro atoms. The highest BCUT2D eigenvalue weighted by Crippen LogP contribution is 2.30. The van der Waals surface area contributed by atoms with Gasteiger partial charge in [-0.2, -0.15) is 0 Å². The molecule has 2 amide bonds. The molecule has 1 fully saturated rings. The number of hydrogen-bond donors (Lipinski definition) is 1. The molecule has 0 saturated carbocycles. The normalized spacial score (nSPS) is 14.1. The molecule has 41 heavy (non-hydrogen) atoms. The summed E-state index contributed by atoms with van der Waals surface area (Å²) in [6, 6.07) is 25.7. The van der Waals surface area contributed by atoms with Gasteiger partial charge in [0.2, 0.25) is 0 Å². The fourth-order valence-corrected chi connectivity index (χ4v) is 4.44. The molecule has 10 heteroatoms. The van der Waals surface area contributed by atoms with Gasteiger partial charge in [-0.05, 0) is 60.7 Å². The Hall–Kier alpha value is -5.12. The second-order valence-corrected chi connectivity index (χ2v) is 9.65. The third kappa shape index (κ3) is 7.10. The molecule has 5 rings (SSSR count). The summed E-state index contributed by atoms with van der Waals surface area (Å²) in [6.07, 6.45) is 2.02. The van der Waals surface area contributed by atoms with Crippen molar-refractivity contribution in [2.45, 2.75) is 18.5 Å². The number of alkyl halides is 1. The van der Waals surface area contributed by atoms with Crippen LogP contribution in [0.1, 0.15) is 33.6 Å². The second-order valence-electron chi connectivity index (χ2n) is 9.65. The Morgan fingerprint density at radius 1 is 0.878 bits per heavy atom. The van der Waals surface area contributed by atoms with Gasteiger partial charge in [-0.3, -0.25) is 9.59 Å². The summed E-state index contributed by atoms with van der Waals surface area (Å²) in [7, 11) is 0. The molecule has 0 radical (unpaired) electrons. The number of para-hydroxylation sites is 1. The van der Waals surface area contributed by atoms with Crippen molar-refractivity contribution in [3.05, 3.63) is 113 Å². The fourth-order valence-electron chi connectivity index (χ4n) is 4.44. The number of nitrogens with zero attached hydrogens (tertiary/aromatic N) is 3. The number of halogens is 1. The number of amides is 2. The van der Waals surface area contributed by atoms with Crippen LogP contribution in [0.2, 0.25) is 0 Å². The van der Waals surface area contributed by atoms with Crippen molar-refractivity contribution in [1.82, 2.24) is 4.98 Å². The average molecular weight is 555 g/mol. The number of piperidine rings is 1. The van der Waals surface area contributed by atoms with Crippen molar-refractivity contribution in [1.29, 1.82) is 0 Å². The number of rotatable bonds is 9. The molecular weight excluding hydrogens is 527 g/mol. The monoisotopic (exact) mass is 554 g/mol. The van der Waals surface area contributed by atoms with Crippen LogP contribution in [0, 0.1) is 4.91 Å². The van der Waals surface area contributed by atoms with E-state index in [9.17, 15) is 14.5 Å². The van der Waals surface area contributed by atoms with Crippen LogP contribution in [0.5, 0.6) is 17.2 Å². The standard InChI is InChI=1S/C31H27FN4O5/c32-31(21-40-26-10-4-7-23(18-26)30(38)35-39)14-16-36(17-15-31)28-13-12-24(20-33-28)34-29(37)22-6-5-11-27(19-22)41-25-8-2-1-3-9-25/h1-13,18-20H,14-17,21H2,(H,34,37). The van der Waals surface area contributed by atoms with Crippen LogP contribution in [-0.4, -0.2) is 42.2 Å². The van der Waals surface area contributed by atoms with E-state index in [1.54, 1.807) is 54.7 Å². The molecule has 1 aliphatic heterocycles. The molecular formula is C31H27FN4O5. The van der Waals surface area contributed by atoms with Crippen LogP contribution < -0.4 is 19.7 Å². The summed E-state index contributed by atoms with van der Waals surface area (Å²) >= 11 is 0. The Kier molecular flexibility index (Phi) is 8.28. The van der Waals surface area contributed by atoms with Gasteiger partial charge in [-0.15, -0.1) is 4.91 Å². The van der Waals surface area contributed by atoms with E-state index in [0.29, 0.717) is 47.4 Å². The Bertz CT molecular complexity index is 1520. The highest BCUT2D eigenvalue weighted by Gasteiger charge is 2.36. The Labute approximate surface area is 235 Å². The molecule has 0 unspecified atom stereocenters. The Morgan fingerprint density at radius 2 is 1.56 bits per heavy atom. The zero-order valence-electron chi connectivity index (χ0n) is 22.0. The van der Waals surface area contributed by atoms with Crippen molar-refractivity contribution in [2.75, 3.05) is 29.9 Å². The lowest BCUT2D eigenvalue weighted by atomic mass is 9.94.